The van der Waals surface area contributed by atoms with Crippen LogP contribution in [0, 0.1) is 5.92 Å². The Hall–Kier alpha value is -0.610. The molecule has 4 nitrogen and oxygen atoms in total. The average molecular weight is 230 g/mol. The van der Waals surface area contributed by atoms with Gasteiger partial charge in [0.2, 0.25) is 0 Å². The van der Waals surface area contributed by atoms with Gasteiger partial charge in [0.15, 0.2) is 0 Å². The number of hydrogen-bond donors (Lipinski definition) is 0. The summed E-state index contributed by atoms with van der Waals surface area (Å²) in [5.41, 5.74) is 0.851. The van der Waals surface area contributed by atoms with Gasteiger partial charge in [-0.2, -0.15) is 0 Å². The molecule has 84 valence electrons. The largest absolute Gasteiger partial charge is 0.381 e. The Morgan fingerprint density at radius 1 is 1.60 bits per heavy atom. The van der Waals surface area contributed by atoms with E-state index in [0.29, 0.717) is 5.92 Å². The molecule has 0 radical (unpaired) electrons. The lowest BCUT2D eigenvalue weighted by molar-refractivity contribution is 0.0600. The van der Waals surface area contributed by atoms with Crippen molar-refractivity contribution < 1.29 is 4.74 Å². The van der Waals surface area contributed by atoms with Crippen molar-refractivity contribution in [2.75, 3.05) is 13.2 Å². The van der Waals surface area contributed by atoms with Crippen LogP contribution in [0.4, 0.5) is 0 Å². The first kappa shape index (κ1) is 10.9. The predicted molar refractivity (Wildman–Crippen MR) is 57.8 cm³/mol. The fourth-order valence-electron chi connectivity index (χ4n) is 1.78. The van der Waals surface area contributed by atoms with Gasteiger partial charge in [-0.25, -0.2) is 0 Å². The second-order valence-electron chi connectivity index (χ2n) is 4.04. The Morgan fingerprint density at radius 3 is 2.93 bits per heavy atom. The van der Waals surface area contributed by atoms with Crippen LogP contribution in [0.25, 0.3) is 0 Å². The van der Waals surface area contributed by atoms with Gasteiger partial charge in [-0.05, 0) is 25.7 Å². The van der Waals surface area contributed by atoms with Crippen LogP contribution in [0.3, 0.4) is 0 Å². The molecule has 1 fully saturated rings. The molecule has 15 heavy (non-hydrogen) atoms. The van der Waals surface area contributed by atoms with Crippen molar-refractivity contribution in [1.82, 2.24) is 15.0 Å². The molecule has 5 heteroatoms. The number of ether oxygens (including phenoxy) is 1. The van der Waals surface area contributed by atoms with Crippen LogP contribution in [0.2, 0.25) is 0 Å². The molecular formula is C10H16ClN3O. The fraction of sp³-hybridized carbons (Fsp3) is 0.800. The molecule has 0 saturated carbocycles. The summed E-state index contributed by atoms with van der Waals surface area (Å²) < 4.78 is 7.21. The zero-order valence-corrected chi connectivity index (χ0v) is 9.65. The van der Waals surface area contributed by atoms with E-state index in [-0.39, 0.29) is 5.38 Å². The first-order chi connectivity index (χ1) is 7.25. The van der Waals surface area contributed by atoms with E-state index >= 15 is 0 Å². The minimum Gasteiger partial charge on any atom is -0.381 e. The van der Waals surface area contributed by atoms with Crippen molar-refractivity contribution in [3.05, 3.63) is 11.9 Å². The van der Waals surface area contributed by atoms with Gasteiger partial charge in [-0.3, -0.25) is 4.68 Å². The number of hydrogen-bond acceptors (Lipinski definition) is 3. The second-order valence-corrected chi connectivity index (χ2v) is 4.69. The molecule has 0 amide bonds. The normalized spacial score (nSPS) is 20.4. The maximum atomic E-state index is 5.92. The standard InChI is InChI=1S/C10H16ClN3O/c1-8(11)10-7-14(13-12-10)6-9-2-4-15-5-3-9/h7-9H,2-6H2,1H3. The Bertz CT molecular complexity index is 307. The Kier molecular flexibility index (Phi) is 3.59. The molecule has 1 unspecified atom stereocenters. The molecule has 1 atom stereocenters. The summed E-state index contributed by atoms with van der Waals surface area (Å²) in [7, 11) is 0. The van der Waals surface area contributed by atoms with Crippen molar-refractivity contribution in [3.63, 3.8) is 0 Å². The van der Waals surface area contributed by atoms with Crippen molar-refractivity contribution in [3.8, 4) is 0 Å². The van der Waals surface area contributed by atoms with E-state index in [2.05, 4.69) is 10.3 Å². The molecule has 1 aliphatic rings. The monoisotopic (exact) mass is 229 g/mol. The van der Waals surface area contributed by atoms with Gasteiger partial charge in [0, 0.05) is 26.0 Å². The lowest BCUT2D eigenvalue weighted by atomic mass is 10.0. The maximum absolute atomic E-state index is 5.92. The molecule has 1 aromatic rings. The highest BCUT2D eigenvalue weighted by molar-refractivity contribution is 6.20. The average Bonchev–Trinajstić information content (AvgIpc) is 2.68. The van der Waals surface area contributed by atoms with Crippen molar-refractivity contribution in [1.29, 1.82) is 0 Å². The van der Waals surface area contributed by atoms with Crippen LogP contribution < -0.4 is 0 Å². The third kappa shape index (κ3) is 2.92. The topological polar surface area (TPSA) is 39.9 Å². The number of nitrogens with zero attached hydrogens (tertiary/aromatic N) is 3. The van der Waals surface area contributed by atoms with Gasteiger partial charge in [0.05, 0.1) is 5.38 Å². The van der Waals surface area contributed by atoms with Gasteiger partial charge in [0.25, 0.3) is 0 Å². The Morgan fingerprint density at radius 2 is 2.33 bits per heavy atom. The van der Waals surface area contributed by atoms with E-state index < -0.39 is 0 Å². The molecular weight excluding hydrogens is 214 g/mol. The van der Waals surface area contributed by atoms with Crippen LogP contribution in [-0.2, 0) is 11.3 Å². The second kappa shape index (κ2) is 4.94. The smallest absolute Gasteiger partial charge is 0.100 e. The van der Waals surface area contributed by atoms with Crippen LogP contribution in [0.1, 0.15) is 30.8 Å². The number of aromatic nitrogens is 3. The molecule has 0 aliphatic carbocycles. The van der Waals surface area contributed by atoms with Crippen molar-refractivity contribution in [2.24, 2.45) is 5.92 Å². The number of halogens is 1. The van der Waals surface area contributed by atoms with Crippen LogP contribution in [-0.4, -0.2) is 28.2 Å². The first-order valence-electron chi connectivity index (χ1n) is 5.37. The predicted octanol–water partition coefficient (Wildman–Crippen LogP) is 2.00. The van der Waals surface area contributed by atoms with Gasteiger partial charge >= 0.3 is 0 Å². The first-order valence-corrected chi connectivity index (χ1v) is 5.81. The van der Waals surface area contributed by atoms with E-state index in [1.54, 1.807) is 0 Å². The summed E-state index contributed by atoms with van der Waals surface area (Å²) in [5, 5.41) is 8.04. The summed E-state index contributed by atoms with van der Waals surface area (Å²) in [6, 6.07) is 0. The third-order valence-corrected chi connectivity index (χ3v) is 2.97. The quantitative estimate of drug-likeness (QED) is 0.745. The summed E-state index contributed by atoms with van der Waals surface area (Å²) in [4.78, 5) is 0. The van der Waals surface area contributed by atoms with Crippen LogP contribution in [0.5, 0.6) is 0 Å². The molecule has 1 saturated heterocycles. The molecule has 2 heterocycles. The number of rotatable bonds is 3. The third-order valence-electron chi connectivity index (χ3n) is 2.75. The van der Waals surface area contributed by atoms with Gasteiger partial charge < -0.3 is 4.74 Å². The fourth-order valence-corrected chi connectivity index (χ4v) is 1.88. The van der Waals surface area contributed by atoms with E-state index in [1.165, 1.54) is 0 Å². The molecule has 2 rings (SSSR count). The van der Waals surface area contributed by atoms with E-state index in [9.17, 15) is 0 Å². The SMILES string of the molecule is CC(Cl)c1cn(CC2CCOCC2)nn1. The minimum atomic E-state index is -0.0616. The Labute approximate surface area is 94.6 Å². The van der Waals surface area contributed by atoms with Crippen molar-refractivity contribution in [2.45, 2.75) is 31.7 Å². The molecule has 1 aliphatic heterocycles. The molecule has 0 N–H and O–H groups in total. The maximum Gasteiger partial charge on any atom is 0.100 e. The molecule has 0 aromatic carbocycles. The van der Waals surface area contributed by atoms with E-state index in [1.807, 2.05) is 17.8 Å². The lowest BCUT2D eigenvalue weighted by Crippen LogP contribution is -2.20. The van der Waals surface area contributed by atoms with Crippen molar-refractivity contribution >= 4 is 11.6 Å². The summed E-state index contributed by atoms with van der Waals surface area (Å²) >= 11 is 5.92. The highest BCUT2D eigenvalue weighted by Gasteiger charge is 2.15. The van der Waals surface area contributed by atoms with E-state index in [0.717, 1.165) is 38.3 Å². The highest BCUT2D eigenvalue weighted by atomic mass is 35.5. The summed E-state index contributed by atoms with van der Waals surface area (Å²) in [5.74, 6) is 0.666. The van der Waals surface area contributed by atoms with Crippen LogP contribution in [0.15, 0.2) is 6.20 Å². The Balaban J connectivity index is 1.91. The number of alkyl halides is 1. The zero-order valence-electron chi connectivity index (χ0n) is 8.90. The van der Waals surface area contributed by atoms with Gasteiger partial charge in [0.1, 0.15) is 5.69 Å². The van der Waals surface area contributed by atoms with Gasteiger partial charge in [-0.15, -0.1) is 16.7 Å². The highest BCUT2D eigenvalue weighted by Crippen LogP contribution is 2.19. The lowest BCUT2D eigenvalue weighted by Gasteiger charge is -2.21. The minimum absolute atomic E-state index is 0.0616. The van der Waals surface area contributed by atoms with E-state index in [4.69, 9.17) is 16.3 Å². The molecule has 0 spiro atoms. The summed E-state index contributed by atoms with van der Waals surface area (Å²) in [6.45, 7) is 4.58. The molecule has 1 aromatic heterocycles. The van der Waals surface area contributed by atoms with Gasteiger partial charge in [-0.1, -0.05) is 5.21 Å². The summed E-state index contributed by atoms with van der Waals surface area (Å²) in [6.07, 6.45) is 4.17. The van der Waals surface area contributed by atoms with Crippen LogP contribution >= 0.6 is 11.6 Å². The zero-order chi connectivity index (χ0) is 10.7. The molecule has 0 bridgehead atoms.